The van der Waals surface area contributed by atoms with E-state index >= 15 is 0 Å². The van der Waals surface area contributed by atoms with Gasteiger partial charge >= 0.3 is 6.36 Å². The molecular weight excluding hydrogens is 479 g/mol. The Kier molecular flexibility index (Phi) is 7.44. The lowest BCUT2D eigenvalue weighted by molar-refractivity contribution is -0.274. The number of hydrogen-bond donors (Lipinski definition) is 0. The Morgan fingerprint density at radius 1 is 1.00 bits per heavy atom. The molecular formula is C29H24F3N3O2. The van der Waals surface area contributed by atoms with E-state index in [0.717, 1.165) is 23.1 Å². The third-order valence-electron chi connectivity index (χ3n) is 5.94. The van der Waals surface area contributed by atoms with Gasteiger partial charge in [0.1, 0.15) is 11.6 Å². The fraction of sp³-hybridized carbons (Fsp3) is 0.207. The van der Waals surface area contributed by atoms with Crippen LogP contribution in [0.3, 0.4) is 0 Å². The Morgan fingerprint density at radius 3 is 2.30 bits per heavy atom. The van der Waals surface area contributed by atoms with E-state index in [0.29, 0.717) is 41.2 Å². The molecule has 0 aliphatic carbocycles. The lowest BCUT2D eigenvalue weighted by Crippen LogP contribution is -2.28. The summed E-state index contributed by atoms with van der Waals surface area (Å²) in [6, 6.07) is 22.4. The molecule has 1 heterocycles. The Balaban J connectivity index is 1.70. The zero-order valence-electron chi connectivity index (χ0n) is 20.3. The predicted octanol–water partition coefficient (Wildman–Crippen LogP) is 6.52. The highest BCUT2D eigenvalue weighted by Gasteiger charge is 2.31. The molecule has 0 spiro atoms. The van der Waals surface area contributed by atoms with Crippen LogP contribution in [0.15, 0.2) is 77.6 Å². The fourth-order valence-electron chi connectivity index (χ4n) is 4.28. The molecule has 188 valence electrons. The Bertz CT molecular complexity index is 1500. The molecule has 3 aromatic carbocycles. The van der Waals surface area contributed by atoms with Gasteiger partial charge in [-0.05, 0) is 60.4 Å². The molecule has 4 aromatic rings. The minimum Gasteiger partial charge on any atom is -0.406 e. The quantitative estimate of drug-likeness (QED) is 0.288. The number of hydrogen-bond acceptors (Lipinski definition) is 4. The maximum atomic E-state index is 13.7. The van der Waals surface area contributed by atoms with Crippen LogP contribution in [0, 0.1) is 18.3 Å². The van der Waals surface area contributed by atoms with Gasteiger partial charge in [0.2, 0.25) is 0 Å². The van der Waals surface area contributed by atoms with Crippen LogP contribution < -0.4 is 10.3 Å². The van der Waals surface area contributed by atoms with E-state index < -0.39 is 6.36 Å². The Labute approximate surface area is 212 Å². The first-order valence-corrected chi connectivity index (χ1v) is 11.8. The van der Waals surface area contributed by atoms with E-state index in [9.17, 15) is 23.2 Å². The van der Waals surface area contributed by atoms with Gasteiger partial charge in [0, 0.05) is 12.0 Å². The van der Waals surface area contributed by atoms with Crippen molar-refractivity contribution in [3.63, 3.8) is 0 Å². The second-order valence-corrected chi connectivity index (χ2v) is 8.55. The van der Waals surface area contributed by atoms with Gasteiger partial charge in [-0.2, -0.15) is 5.26 Å². The molecule has 0 unspecified atom stereocenters. The van der Waals surface area contributed by atoms with Crippen LogP contribution in [0.4, 0.5) is 13.2 Å². The standard InChI is InChI=1S/C29H24F3N3O2/c1-3-6-27-26(17-20-9-11-21(12-10-20)25-8-5-4-7-22(25)18-33)28(36)35(19(2)34-27)23-13-15-24(16-14-23)37-29(30,31)32/h4-5,7-16H,3,6,17H2,1-2H3. The van der Waals surface area contributed by atoms with Crippen molar-refractivity contribution in [3.8, 4) is 28.6 Å². The summed E-state index contributed by atoms with van der Waals surface area (Å²) in [6.45, 7) is 3.71. The molecule has 0 atom stereocenters. The number of rotatable bonds is 7. The van der Waals surface area contributed by atoms with Gasteiger partial charge in [-0.1, -0.05) is 55.8 Å². The van der Waals surface area contributed by atoms with Crippen LogP contribution in [0.25, 0.3) is 16.8 Å². The van der Waals surface area contributed by atoms with E-state index in [1.807, 2.05) is 49.4 Å². The Hall–Kier alpha value is -4.38. The first kappa shape index (κ1) is 25.7. The summed E-state index contributed by atoms with van der Waals surface area (Å²) in [5, 5.41) is 9.40. The topological polar surface area (TPSA) is 67.9 Å². The van der Waals surface area contributed by atoms with Gasteiger partial charge in [0.25, 0.3) is 5.56 Å². The highest BCUT2D eigenvalue weighted by atomic mass is 19.4. The molecule has 0 amide bonds. The zero-order valence-corrected chi connectivity index (χ0v) is 20.3. The molecule has 0 fully saturated rings. The normalized spacial score (nSPS) is 11.2. The first-order valence-electron chi connectivity index (χ1n) is 11.8. The molecule has 0 bridgehead atoms. The van der Waals surface area contributed by atoms with Crippen LogP contribution in [-0.4, -0.2) is 15.9 Å². The average molecular weight is 504 g/mol. The molecule has 0 N–H and O–H groups in total. The first-order chi connectivity index (χ1) is 17.7. The van der Waals surface area contributed by atoms with Crippen molar-refractivity contribution >= 4 is 0 Å². The summed E-state index contributed by atoms with van der Waals surface area (Å²) < 4.78 is 42.9. The van der Waals surface area contributed by atoms with Crippen LogP contribution in [0.5, 0.6) is 5.75 Å². The van der Waals surface area contributed by atoms with Crippen LogP contribution in [0.1, 0.15) is 41.6 Å². The van der Waals surface area contributed by atoms with E-state index in [1.54, 1.807) is 13.0 Å². The molecule has 4 rings (SSSR count). The Morgan fingerprint density at radius 2 is 1.68 bits per heavy atom. The van der Waals surface area contributed by atoms with E-state index in [4.69, 9.17) is 0 Å². The van der Waals surface area contributed by atoms with Crippen LogP contribution in [-0.2, 0) is 12.8 Å². The second kappa shape index (κ2) is 10.7. The van der Waals surface area contributed by atoms with Gasteiger partial charge in [0.15, 0.2) is 0 Å². The maximum absolute atomic E-state index is 13.7. The summed E-state index contributed by atoms with van der Waals surface area (Å²) in [4.78, 5) is 18.3. The van der Waals surface area contributed by atoms with Gasteiger partial charge in [0.05, 0.1) is 23.0 Å². The summed E-state index contributed by atoms with van der Waals surface area (Å²) >= 11 is 0. The molecule has 5 nitrogen and oxygen atoms in total. The molecule has 0 radical (unpaired) electrons. The maximum Gasteiger partial charge on any atom is 0.573 e. The molecule has 37 heavy (non-hydrogen) atoms. The highest BCUT2D eigenvalue weighted by molar-refractivity contribution is 5.70. The number of aryl methyl sites for hydroxylation is 2. The smallest absolute Gasteiger partial charge is 0.406 e. The molecule has 0 saturated heterocycles. The number of halogens is 3. The monoisotopic (exact) mass is 503 g/mol. The van der Waals surface area contributed by atoms with Crippen molar-refractivity contribution in [1.29, 1.82) is 5.26 Å². The number of alkyl halides is 3. The van der Waals surface area contributed by atoms with Crippen molar-refractivity contribution in [1.82, 2.24) is 9.55 Å². The zero-order chi connectivity index (χ0) is 26.6. The van der Waals surface area contributed by atoms with E-state index in [1.165, 1.54) is 28.8 Å². The number of ether oxygens (including phenoxy) is 1. The van der Waals surface area contributed by atoms with Gasteiger partial charge in [-0.15, -0.1) is 13.2 Å². The van der Waals surface area contributed by atoms with Crippen molar-refractivity contribution < 1.29 is 17.9 Å². The van der Waals surface area contributed by atoms with Crippen molar-refractivity contribution in [2.45, 2.75) is 39.5 Å². The molecule has 0 aliphatic heterocycles. The summed E-state index contributed by atoms with van der Waals surface area (Å²) in [6.07, 6.45) is -3.03. The van der Waals surface area contributed by atoms with Gasteiger partial charge in [-0.25, -0.2) is 4.98 Å². The lowest BCUT2D eigenvalue weighted by Gasteiger charge is -2.16. The van der Waals surface area contributed by atoms with Crippen LogP contribution in [0.2, 0.25) is 0 Å². The number of aromatic nitrogens is 2. The largest absolute Gasteiger partial charge is 0.573 e. The average Bonchev–Trinajstić information content (AvgIpc) is 2.87. The minimum absolute atomic E-state index is 0.264. The van der Waals surface area contributed by atoms with Gasteiger partial charge in [-0.3, -0.25) is 9.36 Å². The van der Waals surface area contributed by atoms with E-state index in [2.05, 4.69) is 15.8 Å². The predicted molar refractivity (Wildman–Crippen MR) is 135 cm³/mol. The molecule has 1 aromatic heterocycles. The molecule has 0 saturated carbocycles. The highest BCUT2D eigenvalue weighted by Crippen LogP contribution is 2.26. The SMILES string of the molecule is CCCc1nc(C)n(-c2ccc(OC(F)(F)F)cc2)c(=O)c1Cc1ccc(-c2ccccc2C#N)cc1. The summed E-state index contributed by atoms with van der Waals surface area (Å²) in [5.41, 5.74) is 4.59. The minimum atomic E-state index is -4.79. The lowest BCUT2D eigenvalue weighted by atomic mass is 9.97. The molecule has 8 heteroatoms. The van der Waals surface area contributed by atoms with Gasteiger partial charge < -0.3 is 4.74 Å². The van der Waals surface area contributed by atoms with Crippen molar-refractivity contribution in [3.05, 3.63) is 111 Å². The van der Waals surface area contributed by atoms with Crippen molar-refractivity contribution in [2.75, 3.05) is 0 Å². The third-order valence-corrected chi connectivity index (χ3v) is 5.94. The van der Waals surface area contributed by atoms with E-state index in [-0.39, 0.29) is 11.3 Å². The van der Waals surface area contributed by atoms with Crippen molar-refractivity contribution in [2.24, 2.45) is 0 Å². The van der Waals surface area contributed by atoms with Crippen LogP contribution >= 0.6 is 0 Å². The third kappa shape index (κ3) is 5.89. The number of nitriles is 1. The molecule has 0 aliphatic rings. The fourth-order valence-corrected chi connectivity index (χ4v) is 4.28. The summed E-state index contributed by atoms with van der Waals surface area (Å²) in [7, 11) is 0. The number of benzene rings is 3. The summed E-state index contributed by atoms with van der Waals surface area (Å²) in [5.74, 6) is 0.0842. The second-order valence-electron chi connectivity index (χ2n) is 8.55. The number of nitrogens with zero attached hydrogens (tertiary/aromatic N) is 3.